The zero-order chi connectivity index (χ0) is 14.7. The first kappa shape index (κ1) is 14.8. The number of hydrogen-bond acceptors (Lipinski definition) is 4. The van der Waals surface area contributed by atoms with Gasteiger partial charge in [0.15, 0.2) is 0 Å². The number of rotatable bonds is 4. The highest BCUT2D eigenvalue weighted by atomic mass is 16.5. The van der Waals surface area contributed by atoms with Gasteiger partial charge in [0.2, 0.25) is 0 Å². The van der Waals surface area contributed by atoms with Crippen LogP contribution >= 0.6 is 0 Å². The average molecular weight is 273 g/mol. The van der Waals surface area contributed by atoms with Gasteiger partial charge in [-0.25, -0.2) is 0 Å². The number of methoxy groups -OCH3 is 1. The van der Waals surface area contributed by atoms with E-state index in [0.29, 0.717) is 17.5 Å². The Bertz CT molecular complexity index is 507. The molecule has 4 heteroatoms. The molecule has 20 heavy (non-hydrogen) atoms. The Morgan fingerprint density at radius 2 is 2.15 bits per heavy atom. The van der Waals surface area contributed by atoms with Crippen LogP contribution in [-0.2, 0) is 6.54 Å². The van der Waals surface area contributed by atoms with E-state index < -0.39 is 0 Å². The molecule has 1 aromatic carbocycles. The lowest BCUT2D eigenvalue weighted by Gasteiger charge is -2.22. The minimum atomic E-state index is 0.597. The lowest BCUT2D eigenvalue weighted by Crippen LogP contribution is -2.34. The quantitative estimate of drug-likeness (QED) is 0.840. The lowest BCUT2D eigenvalue weighted by molar-refractivity contribution is 0.249. The second-order valence-electron chi connectivity index (χ2n) is 5.84. The van der Waals surface area contributed by atoms with E-state index >= 15 is 0 Å². The molecular formula is C16H23N3O. The predicted molar refractivity (Wildman–Crippen MR) is 79.6 cm³/mol. The highest BCUT2D eigenvalue weighted by Crippen LogP contribution is 2.26. The van der Waals surface area contributed by atoms with E-state index in [1.807, 2.05) is 12.1 Å². The summed E-state index contributed by atoms with van der Waals surface area (Å²) in [5.74, 6) is 1.53. The molecule has 4 nitrogen and oxygen atoms in total. The van der Waals surface area contributed by atoms with Gasteiger partial charge in [0.05, 0.1) is 18.7 Å². The maximum absolute atomic E-state index is 9.03. The number of ether oxygens (including phenoxy) is 1. The third kappa shape index (κ3) is 3.12. The van der Waals surface area contributed by atoms with E-state index in [-0.39, 0.29) is 0 Å². The van der Waals surface area contributed by atoms with Crippen molar-refractivity contribution in [1.82, 2.24) is 9.80 Å². The van der Waals surface area contributed by atoms with E-state index in [0.717, 1.165) is 30.9 Å². The maximum Gasteiger partial charge on any atom is 0.123 e. The fourth-order valence-electron chi connectivity index (χ4n) is 3.06. The van der Waals surface area contributed by atoms with Crippen LogP contribution in [0.25, 0.3) is 0 Å². The average Bonchev–Trinajstić information content (AvgIpc) is 2.79. The van der Waals surface area contributed by atoms with E-state index in [1.165, 1.54) is 0 Å². The summed E-state index contributed by atoms with van der Waals surface area (Å²) in [6, 6.07) is 8.42. The molecular weight excluding hydrogens is 250 g/mol. The van der Waals surface area contributed by atoms with Crippen LogP contribution in [0.4, 0.5) is 0 Å². The standard InChI is InChI=1S/C16H23N3O/c1-12-9-19(11-15(12)18(2)3)10-14-7-13(8-17)5-6-16(14)20-4/h5-7,12,15H,9-11H2,1-4H3. The van der Waals surface area contributed by atoms with E-state index in [4.69, 9.17) is 10.00 Å². The van der Waals surface area contributed by atoms with E-state index in [2.05, 4.69) is 36.9 Å². The molecule has 1 saturated heterocycles. The SMILES string of the molecule is COc1ccc(C#N)cc1CN1CC(C)C(N(C)C)C1. The molecule has 1 aromatic rings. The van der Waals surface area contributed by atoms with Gasteiger partial charge >= 0.3 is 0 Å². The molecule has 2 rings (SSSR count). The molecule has 0 saturated carbocycles. The summed E-state index contributed by atoms with van der Waals surface area (Å²) in [6.07, 6.45) is 0. The fourth-order valence-corrected chi connectivity index (χ4v) is 3.06. The first-order valence-corrected chi connectivity index (χ1v) is 7.01. The first-order valence-electron chi connectivity index (χ1n) is 7.01. The molecule has 0 aromatic heterocycles. The predicted octanol–water partition coefficient (Wildman–Crippen LogP) is 1.95. The normalized spacial score (nSPS) is 23.0. The minimum absolute atomic E-state index is 0.597. The van der Waals surface area contributed by atoms with Crippen molar-refractivity contribution in [3.63, 3.8) is 0 Å². The first-order chi connectivity index (χ1) is 9.55. The molecule has 108 valence electrons. The molecule has 1 aliphatic rings. The van der Waals surface area contributed by atoms with Crippen LogP contribution in [0.3, 0.4) is 0 Å². The van der Waals surface area contributed by atoms with Crippen molar-refractivity contribution >= 4 is 0 Å². The summed E-state index contributed by atoms with van der Waals surface area (Å²) in [6.45, 7) is 5.29. The van der Waals surface area contributed by atoms with Crippen molar-refractivity contribution in [2.45, 2.75) is 19.5 Å². The zero-order valence-corrected chi connectivity index (χ0v) is 12.8. The Balaban J connectivity index is 2.13. The Labute approximate surface area is 121 Å². The summed E-state index contributed by atoms with van der Waals surface area (Å²) in [4.78, 5) is 4.74. The van der Waals surface area contributed by atoms with Gasteiger partial charge in [0.1, 0.15) is 5.75 Å². The molecule has 0 aliphatic carbocycles. The lowest BCUT2D eigenvalue weighted by atomic mass is 10.1. The van der Waals surface area contributed by atoms with E-state index in [9.17, 15) is 0 Å². The summed E-state index contributed by atoms with van der Waals surface area (Å²) in [7, 11) is 5.96. The molecule has 0 spiro atoms. The zero-order valence-electron chi connectivity index (χ0n) is 12.8. The summed E-state index contributed by atoms with van der Waals surface area (Å²) >= 11 is 0. The molecule has 0 radical (unpaired) electrons. The molecule has 0 N–H and O–H groups in total. The molecule has 1 fully saturated rings. The van der Waals surface area contributed by atoms with Crippen LogP contribution in [0, 0.1) is 17.2 Å². The number of likely N-dealkylation sites (N-methyl/N-ethyl adjacent to an activating group) is 1. The van der Waals surface area contributed by atoms with Gasteiger partial charge in [-0.15, -0.1) is 0 Å². The second kappa shape index (κ2) is 6.25. The van der Waals surface area contributed by atoms with Crippen LogP contribution in [0.5, 0.6) is 5.75 Å². The van der Waals surface area contributed by atoms with Crippen LogP contribution in [0.1, 0.15) is 18.1 Å². The maximum atomic E-state index is 9.03. The number of hydrogen-bond donors (Lipinski definition) is 0. The fraction of sp³-hybridized carbons (Fsp3) is 0.562. The highest BCUT2D eigenvalue weighted by molar-refractivity contribution is 5.42. The van der Waals surface area contributed by atoms with Gasteiger partial charge in [-0.3, -0.25) is 4.90 Å². The monoisotopic (exact) mass is 273 g/mol. The van der Waals surface area contributed by atoms with Gasteiger partial charge in [-0.05, 0) is 38.2 Å². The largest absolute Gasteiger partial charge is 0.496 e. The third-order valence-electron chi connectivity index (χ3n) is 4.12. The highest BCUT2D eigenvalue weighted by Gasteiger charge is 2.31. The number of benzene rings is 1. The molecule has 1 heterocycles. The minimum Gasteiger partial charge on any atom is -0.496 e. The van der Waals surface area contributed by atoms with Crippen molar-refractivity contribution in [2.75, 3.05) is 34.3 Å². The summed E-state index contributed by atoms with van der Waals surface area (Å²) in [5.41, 5.74) is 1.79. The summed E-state index contributed by atoms with van der Waals surface area (Å²) in [5, 5.41) is 9.03. The Morgan fingerprint density at radius 3 is 2.70 bits per heavy atom. The molecule has 2 atom stereocenters. The molecule has 0 amide bonds. The van der Waals surface area contributed by atoms with Crippen LogP contribution < -0.4 is 4.74 Å². The number of likely N-dealkylation sites (tertiary alicyclic amines) is 1. The van der Waals surface area contributed by atoms with Crippen LogP contribution in [0.15, 0.2) is 18.2 Å². The van der Waals surface area contributed by atoms with Gasteiger partial charge in [-0.1, -0.05) is 6.92 Å². The van der Waals surface area contributed by atoms with Gasteiger partial charge in [-0.2, -0.15) is 5.26 Å². The summed E-state index contributed by atoms with van der Waals surface area (Å²) < 4.78 is 5.41. The van der Waals surface area contributed by atoms with Crippen molar-refractivity contribution in [1.29, 1.82) is 5.26 Å². The van der Waals surface area contributed by atoms with Crippen LogP contribution in [-0.4, -0.2) is 50.1 Å². The molecule has 0 bridgehead atoms. The molecule has 2 unspecified atom stereocenters. The van der Waals surface area contributed by atoms with Crippen LogP contribution in [0.2, 0.25) is 0 Å². The van der Waals surface area contributed by atoms with Crippen molar-refractivity contribution in [3.8, 4) is 11.8 Å². The Kier molecular flexibility index (Phi) is 4.64. The molecule has 1 aliphatic heterocycles. The number of nitrogens with zero attached hydrogens (tertiary/aromatic N) is 3. The van der Waals surface area contributed by atoms with Crippen molar-refractivity contribution in [3.05, 3.63) is 29.3 Å². The van der Waals surface area contributed by atoms with Gasteiger partial charge < -0.3 is 9.64 Å². The Morgan fingerprint density at radius 1 is 1.40 bits per heavy atom. The number of nitriles is 1. The van der Waals surface area contributed by atoms with Gasteiger partial charge in [0, 0.05) is 31.2 Å². The van der Waals surface area contributed by atoms with Crippen molar-refractivity contribution < 1.29 is 4.74 Å². The van der Waals surface area contributed by atoms with E-state index in [1.54, 1.807) is 13.2 Å². The second-order valence-corrected chi connectivity index (χ2v) is 5.84. The van der Waals surface area contributed by atoms with Crippen molar-refractivity contribution in [2.24, 2.45) is 5.92 Å². The topological polar surface area (TPSA) is 39.5 Å². The Hall–Kier alpha value is -1.57. The third-order valence-corrected chi connectivity index (χ3v) is 4.12. The van der Waals surface area contributed by atoms with Gasteiger partial charge in [0.25, 0.3) is 0 Å². The smallest absolute Gasteiger partial charge is 0.123 e.